The maximum atomic E-state index is 11.5. The average molecular weight is 228 g/mol. The molecular formula is C11H20N2OS. The van der Waals surface area contributed by atoms with Gasteiger partial charge in [-0.3, -0.25) is 0 Å². The number of nitrogens with one attached hydrogen (secondary N) is 2. The summed E-state index contributed by atoms with van der Waals surface area (Å²) in [5.41, 5.74) is 0. The lowest BCUT2D eigenvalue weighted by Crippen LogP contribution is -2.44. The van der Waals surface area contributed by atoms with Crippen molar-refractivity contribution in [1.82, 2.24) is 10.6 Å². The predicted octanol–water partition coefficient (Wildman–Crippen LogP) is 2.12. The maximum Gasteiger partial charge on any atom is 0.315 e. The van der Waals surface area contributed by atoms with Crippen LogP contribution in [0.1, 0.15) is 38.5 Å². The fraction of sp³-hybridized carbons (Fsp3) is 0.909. The van der Waals surface area contributed by atoms with Crippen LogP contribution in [-0.4, -0.2) is 29.6 Å². The van der Waals surface area contributed by atoms with Crippen molar-refractivity contribution in [3.63, 3.8) is 0 Å². The van der Waals surface area contributed by atoms with Crippen LogP contribution in [0.4, 0.5) is 4.79 Å². The van der Waals surface area contributed by atoms with Gasteiger partial charge in [-0.05, 0) is 44.8 Å². The Kier molecular flexibility index (Phi) is 3.78. The van der Waals surface area contributed by atoms with Crippen LogP contribution in [-0.2, 0) is 0 Å². The summed E-state index contributed by atoms with van der Waals surface area (Å²) in [5.74, 6) is 0. The number of carbonyl (C=O) groups excluding carboxylic acids is 1. The van der Waals surface area contributed by atoms with Gasteiger partial charge >= 0.3 is 6.03 Å². The normalized spacial score (nSPS) is 31.0. The molecule has 2 saturated carbocycles. The summed E-state index contributed by atoms with van der Waals surface area (Å²) >= 11 is 1.96. The van der Waals surface area contributed by atoms with Gasteiger partial charge in [0.15, 0.2) is 0 Å². The molecule has 0 unspecified atom stereocenters. The Morgan fingerprint density at radius 3 is 1.87 bits per heavy atom. The number of rotatable bonds is 3. The summed E-state index contributed by atoms with van der Waals surface area (Å²) in [6.07, 6.45) is 9.27. The quantitative estimate of drug-likeness (QED) is 0.777. The van der Waals surface area contributed by atoms with Crippen molar-refractivity contribution < 1.29 is 4.79 Å². The second kappa shape index (κ2) is 5.10. The molecule has 86 valence electrons. The lowest BCUT2D eigenvalue weighted by Gasteiger charge is -2.28. The van der Waals surface area contributed by atoms with E-state index < -0.39 is 0 Å². The fourth-order valence-corrected chi connectivity index (χ4v) is 2.83. The molecule has 0 aromatic carbocycles. The third-order valence-corrected chi connectivity index (χ3v) is 4.39. The summed E-state index contributed by atoms with van der Waals surface area (Å²) in [4.78, 5) is 11.5. The Balaban J connectivity index is 1.64. The molecule has 0 atom stereocenters. The molecular weight excluding hydrogens is 208 g/mol. The molecule has 0 spiro atoms. The number of carbonyl (C=O) groups is 1. The van der Waals surface area contributed by atoms with Crippen LogP contribution >= 0.6 is 11.8 Å². The van der Waals surface area contributed by atoms with E-state index >= 15 is 0 Å². The maximum absolute atomic E-state index is 11.5. The van der Waals surface area contributed by atoms with Gasteiger partial charge in [0, 0.05) is 17.3 Å². The Hall–Kier alpha value is -0.380. The van der Waals surface area contributed by atoms with Gasteiger partial charge in [-0.2, -0.15) is 11.8 Å². The van der Waals surface area contributed by atoms with Crippen molar-refractivity contribution in [2.24, 2.45) is 0 Å². The number of urea groups is 1. The van der Waals surface area contributed by atoms with E-state index in [1.165, 1.54) is 12.8 Å². The van der Waals surface area contributed by atoms with Crippen molar-refractivity contribution in [2.45, 2.75) is 55.9 Å². The van der Waals surface area contributed by atoms with E-state index in [4.69, 9.17) is 0 Å². The van der Waals surface area contributed by atoms with Crippen LogP contribution in [0.3, 0.4) is 0 Å². The van der Waals surface area contributed by atoms with E-state index in [1.54, 1.807) is 0 Å². The molecule has 3 nitrogen and oxygen atoms in total. The highest BCUT2D eigenvalue weighted by molar-refractivity contribution is 7.99. The van der Waals surface area contributed by atoms with Gasteiger partial charge in [-0.1, -0.05) is 0 Å². The largest absolute Gasteiger partial charge is 0.335 e. The minimum Gasteiger partial charge on any atom is -0.335 e. The van der Waals surface area contributed by atoms with Crippen molar-refractivity contribution in [3.05, 3.63) is 0 Å². The molecule has 2 aliphatic carbocycles. The molecule has 2 fully saturated rings. The minimum atomic E-state index is 0.0464. The smallest absolute Gasteiger partial charge is 0.315 e. The summed E-state index contributed by atoms with van der Waals surface area (Å²) < 4.78 is 0. The molecule has 0 bridgehead atoms. The highest BCUT2D eigenvalue weighted by atomic mass is 32.2. The summed E-state index contributed by atoms with van der Waals surface area (Å²) in [5, 5.41) is 6.86. The molecule has 0 aromatic heterocycles. The predicted molar refractivity (Wildman–Crippen MR) is 64.2 cm³/mol. The summed E-state index contributed by atoms with van der Waals surface area (Å²) in [6, 6.07) is 0.921. The van der Waals surface area contributed by atoms with Crippen molar-refractivity contribution in [3.8, 4) is 0 Å². The van der Waals surface area contributed by atoms with Gasteiger partial charge in [0.25, 0.3) is 0 Å². The van der Waals surface area contributed by atoms with Crippen LogP contribution < -0.4 is 10.6 Å². The third kappa shape index (κ3) is 3.59. The Morgan fingerprint density at radius 1 is 1.00 bits per heavy atom. The van der Waals surface area contributed by atoms with E-state index in [9.17, 15) is 4.79 Å². The highest BCUT2D eigenvalue weighted by Crippen LogP contribution is 2.26. The van der Waals surface area contributed by atoms with Crippen molar-refractivity contribution in [2.75, 3.05) is 6.26 Å². The zero-order chi connectivity index (χ0) is 10.7. The number of thioether (sulfide) groups is 1. The molecule has 0 aliphatic heterocycles. The molecule has 0 aromatic rings. The second-order valence-corrected chi connectivity index (χ2v) is 5.74. The van der Waals surface area contributed by atoms with E-state index in [-0.39, 0.29) is 6.03 Å². The molecule has 2 amide bonds. The zero-order valence-corrected chi connectivity index (χ0v) is 10.1. The lowest BCUT2D eigenvalue weighted by molar-refractivity contribution is 0.232. The van der Waals surface area contributed by atoms with Gasteiger partial charge in [0.05, 0.1) is 0 Å². The Labute approximate surface area is 95.8 Å². The average Bonchev–Trinajstić information content (AvgIpc) is 3.03. The molecule has 2 aliphatic rings. The van der Waals surface area contributed by atoms with Gasteiger partial charge in [0.1, 0.15) is 0 Å². The van der Waals surface area contributed by atoms with Crippen LogP contribution in [0.2, 0.25) is 0 Å². The van der Waals surface area contributed by atoms with Crippen LogP contribution in [0.25, 0.3) is 0 Å². The highest BCUT2D eigenvalue weighted by Gasteiger charge is 2.26. The molecule has 15 heavy (non-hydrogen) atoms. The first-order valence-electron chi connectivity index (χ1n) is 5.87. The molecule has 0 heterocycles. The Bertz CT molecular complexity index is 223. The van der Waals surface area contributed by atoms with Gasteiger partial charge in [0.2, 0.25) is 0 Å². The summed E-state index contributed by atoms with van der Waals surface area (Å²) in [7, 11) is 0. The van der Waals surface area contributed by atoms with Crippen molar-refractivity contribution in [1.29, 1.82) is 0 Å². The summed E-state index contributed by atoms with van der Waals surface area (Å²) in [6.45, 7) is 0. The van der Waals surface area contributed by atoms with Gasteiger partial charge < -0.3 is 10.6 Å². The lowest BCUT2D eigenvalue weighted by atomic mass is 9.95. The van der Waals surface area contributed by atoms with Crippen LogP contribution in [0.5, 0.6) is 0 Å². The molecule has 4 heteroatoms. The minimum absolute atomic E-state index is 0.0464. The topological polar surface area (TPSA) is 41.1 Å². The van der Waals surface area contributed by atoms with E-state index in [0.717, 1.165) is 30.9 Å². The molecule has 2 rings (SSSR count). The second-order valence-electron chi connectivity index (χ2n) is 4.60. The third-order valence-electron chi connectivity index (χ3n) is 3.26. The number of amides is 2. The first-order valence-corrected chi connectivity index (χ1v) is 7.16. The van der Waals surface area contributed by atoms with Gasteiger partial charge in [-0.15, -0.1) is 0 Å². The monoisotopic (exact) mass is 228 g/mol. The molecule has 0 radical (unpaired) electrons. The first kappa shape index (κ1) is 11.1. The zero-order valence-electron chi connectivity index (χ0n) is 9.29. The van der Waals surface area contributed by atoms with Crippen LogP contribution in [0.15, 0.2) is 0 Å². The number of hydrogen-bond acceptors (Lipinski definition) is 2. The van der Waals surface area contributed by atoms with E-state index in [2.05, 4.69) is 16.9 Å². The Morgan fingerprint density at radius 2 is 1.47 bits per heavy atom. The standard InChI is InChI=1S/C11H20N2OS/c1-15-10-6-4-9(5-7-10)13-11(14)12-8-2-3-8/h8-10H,2-7H2,1H3,(H2,12,13,14). The number of hydrogen-bond donors (Lipinski definition) is 2. The first-order chi connectivity index (χ1) is 7.28. The molecule has 0 saturated heterocycles. The SMILES string of the molecule is CSC1CCC(NC(=O)NC2CC2)CC1. The van der Waals surface area contributed by atoms with E-state index in [0.29, 0.717) is 12.1 Å². The van der Waals surface area contributed by atoms with Crippen molar-refractivity contribution >= 4 is 17.8 Å². The van der Waals surface area contributed by atoms with E-state index in [1.807, 2.05) is 11.8 Å². The fourth-order valence-electron chi connectivity index (χ4n) is 2.08. The molecule has 2 N–H and O–H groups in total. The van der Waals surface area contributed by atoms with Crippen LogP contribution in [0, 0.1) is 0 Å². The van der Waals surface area contributed by atoms with Gasteiger partial charge in [-0.25, -0.2) is 4.79 Å².